The van der Waals surface area contributed by atoms with Crippen molar-refractivity contribution in [3.8, 4) is 0 Å². The van der Waals surface area contributed by atoms with Gasteiger partial charge in [-0.15, -0.1) is 0 Å². The quantitative estimate of drug-likeness (QED) is 0.445. The summed E-state index contributed by atoms with van der Waals surface area (Å²) in [6.07, 6.45) is 1.32. The van der Waals surface area contributed by atoms with E-state index in [2.05, 4.69) is 15.8 Å². The maximum Gasteiger partial charge on any atom is 0.269 e. The summed E-state index contributed by atoms with van der Waals surface area (Å²) in [6.45, 7) is -0.310. The van der Waals surface area contributed by atoms with Crippen LogP contribution in [0.25, 0.3) is 0 Å². The van der Waals surface area contributed by atoms with E-state index in [1.54, 1.807) is 0 Å². The van der Waals surface area contributed by atoms with E-state index in [9.17, 15) is 19.7 Å². The van der Waals surface area contributed by atoms with Crippen LogP contribution in [0.15, 0.2) is 47.6 Å². The summed E-state index contributed by atoms with van der Waals surface area (Å²) < 4.78 is 0. The van der Waals surface area contributed by atoms with Gasteiger partial charge in [0.25, 0.3) is 17.5 Å². The Morgan fingerprint density at radius 3 is 2.46 bits per heavy atom. The number of non-ortho nitro benzene ring substituents is 1. The fourth-order valence-electron chi connectivity index (χ4n) is 1.83. The molecule has 2 rings (SSSR count). The fourth-order valence-corrected chi connectivity index (χ4v) is 2.32. The average Bonchev–Trinajstić information content (AvgIpc) is 2.60. The minimum absolute atomic E-state index is 0.0465. The highest BCUT2D eigenvalue weighted by molar-refractivity contribution is 6.36. The Kier molecular flexibility index (Phi) is 6.65. The first-order valence-electron chi connectivity index (χ1n) is 7.16. The van der Waals surface area contributed by atoms with Crippen LogP contribution < -0.4 is 10.7 Å². The molecule has 0 aliphatic carbocycles. The largest absolute Gasteiger partial charge is 0.343 e. The van der Waals surface area contributed by atoms with Crippen molar-refractivity contribution >= 4 is 46.9 Å². The van der Waals surface area contributed by atoms with Gasteiger partial charge in [-0.3, -0.25) is 19.7 Å². The third kappa shape index (κ3) is 5.54. The van der Waals surface area contributed by atoms with Crippen molar-refractivity contribution in [2.45, 2.75) is 0 Å². The number of nitro benzene ring substituents is 1. The van der Waals surface area contributed by atoms with Crippen molar-refractivity contribution in [1.29, 1.82) is 0 Å². The van der Waals surface area contributed by atoms with Gasteiger partial charge >= 0.3 is 0 Å². The molecule has 0 aliphatic rings. The first-order chi connectivity index (χ1) is 12.4. The number of benzene rings is 2. The summed E-state index contributed by atoms with van der Waals surface area (Å²) in [5.41, 5.74) is 2.94. The van der Waals surface area contributed by atoms with Gasteiger partial charge in [-0.1, -0.05) is 23.2 Å². The number of nitro groups is 1. The summed E-state index contributed by atoms with van der Waals surface area (Å²) >= 11 is 11.7. The second-order valence-electron chi connectivity index (χ2n) is 4.95. The van der Waals surface area contributed by atoms with Gasteiger partial charge in [0.1, 0.15) is 0 Å². The minimum Gasteiger partial charge on any atom is -0.343 e. The molecule has 2 N–H and O–H groups in total. The van der Waals surface area contributed by atoms with E-state index in [0.29, 0.717) is 10.6 Å². The number of rotatable bonds is 6. The number of nitrogens with zero attached hydrogens (tertiary/aromatic N) is 2. The first-order valence-corrected chi connectivity index (χ1v) is 7.92. The van der Waals surface area contributed by atoms with Gasteiger partial charge in [0.05, 0.1) is 28.3 Å². The van der Waals surface area contributed by atoms with Crippen LogP contribution in [0, 0.1) is 10.1 Å². The molecule has 2 amide bonds. The van der Waals surface area contributed by atoms with Crippen molar-refractivity contribution in [1.82, 2.24) is 10.7 Å². The molecule has 2 aromatic carbocycles. The Balaban J connectivity index is 1.83. The Morgan fingerprint density at radius 2 is 1.85 bits per heavy atom. The van der Waals surface area contributed by atoms with Crippen LogP contribution in [-0.4, -0.2) is 29.5 Å². The molecule has 0 heterocycles. The van der Waals surface area contributed by atoms with Gasteiger partial charge in [0.15, 0.2) is 0 Å². The highest BCUT2D eigenvalue weighted by Gasteiger charge is 2.11. The molecule has 2 aromatic rings. The van der Waals surface area contributed by atoms with Gasteiger partial charge in [-0.2, -0.15) is 5.10 Å². The average molecular weight is 395 g/mol. The third-order valence-corrected chi connectivity index (χ3v) is 3.64. The van der Waals surface area contributed by atoms with Crippen molar-refractivity contribution < 1.29 is 14.5 Å². The second kappa shape index (κ2) is 8.93. The topological polar surface area (TPSA) is 114 Å². The van der Waals surface area contributed by atoms with E-state index < -0.39 is 16.7 Å². The third-order valence-electron chi connectivity index (χ3n) is 3.09. The molecule has 8 nitrogen and oxygen atoms in total. The van der Waals surface area contributed by atoms with Crippen LogP contribution in [0.2, 0.25) is 10.0 Å². The molecule has 0 aliphatic heterocycles. The number of carbonyl (C=O) groups is 2. The summed E-state index contributed by atoms with van der Waals surface area (Å²) in [5, 5.41) is 17.2. The lowest BCUT2D eigenvalue weighted by Gasteiger charge is -2.06. The maximum absolute atomic E-state index is 12.0. The van der Waals surface area contributed by atoms with Crippen LogP contribution in [0.3, 0.4) is 0 Å². The fraction of sp³-hybridized carbons (Fsp3) is 0.0625. The highest BCUT2D eigenvalue weighted by atomic mass is 35.5. The molecule has 0 atom stereocenters. The number of carbonyl (C=O) groups excluding carboxylic acids is 2. The first kappa shape index (κ1) is 19.4. The lowest BCUT2D eigenvalue weighted by atomic mass is 10.2. The molecule has 0 bridgehead atoms. The maximum atomic E-state index is 12.0. The number of nitrogens with one attached hydrogen (secondary N) is 2. The van der Waals surface area contributed by atoms with E-state index in [4.69, 9.17) is 23.2 Å². The second-order valence-corrected chi connectivity index (χ2v) is 5.79. The molecular formula is C16H12Cl2N4O4. The van der Waals surface area contributed by atoms with Gasteiger partial charge in [0, 0.05) is 17.2 Å². The Labute approximate surface area is 157 Å². The lowest BCUT2D eigenvalue weighted by Crippen LogP contribution is -2.35. The van der Waals surface area contributed by atoms with Crippen LogP contribution in [0.1, 0.15) is 15.9 Å². The normalized spacial score (nSPS) is 10.5. The number of hydrogen-bond donors (Lipinski definition) is 2. The van der Waals surface area contributed by atoms with Gasteiger partial charge in [0.2, 0.25) is 0 Å². The molecule has 0 spiro atoms. The van der Waals surface area contributed by atoms with Crippen molar-refractivity contribution in [3.05, 3.63) is 73.8 Å². The predicted octanol–water partition coefficient (Wildman–Crippen LogP) is 2.78. The number of hydrogen-bond acceptors (Lipinski definition) is 5. The Bertz CT molecular complexity index is 869. The van der Waals surface area contributed by atoms with E-state index in [-0.39, 0.29) is 22.8 Å². The van der Waals surface area contributed by atoms with Crippen molar-refractivity contribution in [3.63, 3.8) is 0 Å². The van der Waals surface area contributed by atoms with Crippen LogP contribution in [-0.2, 0) is 4.79 Å². The predicted molar refractivity (Wildman–Crippen MR) is 97.6 cm³/mol. The number of amides is 2. The standard InChI is InChI=1S/C16H12Cl2N4O4/c17-11-3-6-13(14(18)7-11)16(24)19-9-15(23)21-20-8-10-1-4-12(5-2-10)22(25)26/h1-8H,9H2,(H,19,24)(H,21,23)/b20-8+. The van der Waals surface area contributed by atoms with Crippen LogP contribution in [0.4, 0.5) is 5.69 Å². The van der Waals surface area contributed by atoms with E-state index in [1.165, 1.54) is 48.7 Å². The van der Waals surface area contributed by atoms with Gasteiger partial charge in [-0.05, 0) is 35.9 Å². The summed E-state index contributed by atoms with van der Waals surface area (Å²) in [6, 6.07) is 9.99. The lowest BCUT2D eigenvalue weighted by molar-refractivity contribution is -0.384. The molecule has 134 valence electrons. The molecule has 0 saturated heterocycles. The van der Waals surface area contributed by atoms with Crippen molar-refractivity contribution in [2.75, 3.05) is 6.54 Å². The zero-order valence-electron chi connectivity index (χ0n) is 13.1. The van der Waals surface area contributed by atoms with E-state index >= 15 is 0 Å². The molecule has 0 aromatic heterocycles. The van der Waals surface area contributed by atoms with Gasteiger partial charge < -0.3 is 5.32 Å². The highest BCUT2D eigenvalue weighted by Crippen LogP contribution is 2.20. The molecule has 26 heavy (non-hydrogen) atoms. The van der Waals surface area contributed by atoms with Crippen LogP contribution in [0.5, 0.6) is 0 Å². The van der Waals surface area contributed by atoms with E-state index in [1.807, 2.05) is 0 Å². The molecule has 0 fully saturated rings. The summed E-state index contributed by atoms with van der Waals surface area (Å²) in [5.74, 6) is -1.08. The van der Waals surface area contributed by atoms with Crippen molar-refractivity contribution in [2.24, 2.45) is 5.10 Å². The van der Waals surface area contributed by atoms with Gasteiger partial charge in [-0.25, -0.2) is 5.43 Å². The Hall–Kier alpha value is -2.97. The molecular weight excluding hydrogens is 383 g/mol. The monoisotopic (exact) mass is 394 g/mol. The number of hydrazone groups is 1. The number of halogens is 2. The zero-order chi connectivity index (χ0) is 19.1. The molecule has 0 unspecified atom stereocenters. The zero-order valence-corrected chi connectivity index (χ0v) is 14.6. The molecule has 10 heteroatoms. The Morgan fingerprint density at radius 1 is 1.15 bits per heavy atom. The minimum atomic E-state index is -0.554. The summed E-state index contributed by atoms with van der Waals surface area (Å²) in [7, 11) is 0. The molecule has 0 radical (unpaired) electrons. The summed E-state index contributed by atoms with van der Waals surface area (Å²) in [4.78, 5) is 33.7. The van der Waals surface area contributed by atoms with Crippen LogP contribution >= 0.6 is 23.2 Å². The molecule has 0 saturated carbocycles. The SMILES string of the molecule is O=C(CNC(=O)c1ccc(Cl)cc1Cl)N/N=C/c1ccc([N+](=O)[O-])cc1. The van der Waals surface area contributed by atoms with E-state index in [0.717, 1.165) is 0 Å². The smallest absolute Gasteiger partial charge is 0.269 e.